The molecular weight excluding hydrogens is 492 g/mol. The summed E-state index contributed by atoms with van der Waals surface area (Å²) >= 11 is 6.22. The Morgan fingerprint density at radius 3 is 2.60 bits per heavy atom. The topological polar surface area (TPSA) is 106 Å². The summed E-state index contributed by atoms with van der Waals surface area (Å²) in [5.41, 5.74) is 0.844. The fourth-order valence-electron chi connectivity index (χ4n) is 4.01. The van der Waals surface area contributed by atoms with E-state index in [1.54, 1.807) is 29.2 Å². The number of ether oxygens (including phenoxy) is 1. The third kappa shape index (κ3) is 5.34. The second-order valence-electron chi connectivity index (χ2n) is 8.18. The highest BCUT2D eigenvalue weighted by molar-refractivity contribution is 7.89. The van der Waals surface area contributed by atoms with Crippen molar-refractivity contribution in [3.8, 4) is 17.2 Å². The van der Waals surface area contributed by atoms with Gasteiger partial charge in [0.15, 0.2) is 0 Å². The Morgan fingerprint density at radius 2 is 1.91 bits per heavy atom. The number of hydrogen-bond donors (Lipinski definition) is 0. The Balaban J connectivity index is 1.61. The van der Waals surface area contributed by atoms with Gasteiger partial charge in [-0.15, -0.1) is 10.2 Å². The zero-order valence-corrected chi connectivity index (χ0v) is 21.2. The Morgan fingerprint density at radius 1 is 1.17 bits per heavy atom. The Kier molecular flexibility index (Phi) is 7.73. The number of halogens is 1. The molecule has 0 aliphatic carbocycles. The van der Waals surface area contributed by atoms with Crippen LogP contribution >= 0.6 is 11.6 Å². The van der Waals surface area contributed by atoms with Crippen molar-refractivity contribution >= 4 is 27.5 Å². The Bertz CT molecular complexity index is 1300. The largest absolute Gasteiger partial charge is 0.495 e. The van der Waals surface area contributed by atoms with Crippen LogP contribution in [0.3, 0.4) is 0 Å². The van der Waals surface area contributed by atoms with Gasteiger partial charge in [0.05, 0.1) is 24.2 Å². The van der Waals surface area contributed by atoms with Crippen LogP contribution in [0.15, 0.2) is 51.8 Å². The van der Waals surface area contributed by atoms with Gasteiger partial charge in [-0.05, 0) is 49.6 Å². The summed E-state index contributed by atoms with van der Waals surface area (Å²) in [6.07, 6.45) is 2.31. The van der Waals surface area contributed by atoms with Crippen LogP contribution in [0.25, 0.3) is 11.5 Å². The van der Waals surface area contributed by atoms with Crippen LogP contribution in [0.5, 0.6) is 5.75 Å². The lowest BCUT2D eigenvalue weighted by Crippen LogP contribution is -2.32. The molecular formula is C24H27ClN4O5S. The molecule has 186 valence electrons. The fraction of sp³-hybridized carbons (Fsp3) is 0.375. The molecule has 0 N–H and O–H groups in total. The molecule has 1 saturated heterocycles. The number of methoxy groups -OCH3 is 1. The van der Waals surface area contributed by atoms with E-state index < -0.39 is 10.0 Å². The van der Waals surface area contributed by atoms with Crippen LogP contribution in [0.2, 0.25) is 5.02 Å². The maximum atomic E-state index is 13.4. The Labute approximate surface area is 209 Å². The van der Waals surface area contributed by atoms with Gasteiger partial charge in [0.25, 0.3) is 5.91 Å². The highest BCUT2D eigenvalue weighted by Crippen LogP contribution is 2.31. The molecule has 9 nitrogen and oxygen atoms in total. The molecule has 1 aliphatic heterocycles. The second-order valence-corrected chi connectivity index (χ2v) is 10.5. The number of rotatable bonds is 9. The van der Waals surface area contributed by atoms with Crippen molar-refractivity contribution < 1.29 is 22.4 Å². The molecule has 0 unspecified atom stereocenters. The fourth-order valence-corrected chi connectivity index (χ4v) is 5.92. The van der Waals surface area contributed by atoms with E-state index >= 15 is 0 Å². The zero-order valence-electron chi connectivity index (χ0n) is 19.6. The molecule has 3 aromatic rings. The summed E-state index contributed by atoms with van der Waals surface area (Å²) in [4.78, 5) is 15.0. The van der Waals surface area contributed by atoms with E-state index in [2.05, 4.69) is 10.2 Å². The molecule has 0 bridgehead atoms. The molecule has 1 aliphatic rings. The molecule has 0 spiro atoms. The first kappa shape index (κ1) is 25.2. The third-order valence-electron chi connectivity index (χ3n) is 5.77. The zero-order chi connectivity index (χ0) is 25.0. The van der Waals surface area contributed by atoms with E-state index in [1.165, 1.54) is 23.5 Å². The van der Waals surface area contributed by atoms with Gasteiger partial charge in [-0.1, -0.05) is 30.7 Å². The minimum Gasteiger partial charge on any atom is -0.495 e. The van der Waals surface area contributed by atoms with Gasteiger partial charge in [0.2, 0.25) is 21.8 Å². The SMILES string of the molecule is CCCN(Cc1nnc(-c2ccccc2Cl)o1)C(=O)c1ccc(OC)c(S(=O)(=O)N2CCCC2)c1. The van der Waals surface area contributed by atoms with Gasteiger partial charge in [-0.25, -0.2) is 8.42 Å². The summed E-state index contributed by atoms with van der Waals surface area (Å²) in [5.74, 6) is 0.375. The maximum absolute atomic E-state index is 13.4. The molecule has 0 atom stereocenters. The highest BCUT2D eigenvalue weighted by atomic mass is 35.5. The molecule has 35 heavy (non-hydrogen) atoms. The smallest absolute Gasteiger partial charge is 0.254 e. The summed E-state index contributed by atoms with van der Waals surface area (Å²) in [6, 6.07) is 11.6. The molecule has 2 aromatic carbocycles. The normalized spacial score (nSPS) is 14.3. The molecule has 1 amide bonds. The average molecular weight is 519 g/mol. The van der Waals surface area contributed by atoms with E-state index in [-0.39, 0.29) is 40.4 Å². The Hall–Kier alpha value is -2.95. The number of aromatic nitrogens is 2. The van der Waals surface area contributed by atoms with Gasteiger partial charge >= 0.3 is 0 Å². The van der Waals surface area contributed by atoms with Crippen molar-refractivity contribution in [2.24, 2.45) is 0 Å². The summed E-state index contributed by atoms with van der Waals surface area (Å²) in [5, 5.41) is 8.62. The predicted molar refractivity (Wildman–Crippen MR) is 131 cm³/mol. The van der Waals surface area contributed by atoms with Gasteiger partial charge in [0, 0.05) is 25.2 Å². The molecule has 1 fully saturated rings. The monoisotopic (exact) mass is 518 g/mol. The number of nitrogens with zero attached hydrogens (tertiary/aromatic N) is 4. The number of sulfonamides is 1. The van der Waals surface area contributed by atoms with Crippen molar-refractivity contribution in [2.45, 2.75) is 37.6 Å². The number of hydrogen-bond acceptors (Lipinski definition) is 7. The van der Waals surface area contributed by atoms with E-state index in [9.17, 15) is 13.2 Å². The van der Waals surface area contributed by atoms with E-state index in [0.717, 1.165) is 12.8 Å². The molecule has 0 saturated carbocycles. The first-order chi connectivity index (χ1) is 16.8. The van der Waals surface area contributed by atoms with Crippen LogP contribution < -0.4 is 4.74 Å². The number of amides is 1. The van der Waals surface area contributed by atoms with Crippen LogP contribution in [0.1, 0.15) is 42.4 Å². The van der Waals surface area contributed by atoms with Crippen LogP contribution in [0.4, 0.5) is 0 Å². The van der Waals surface area contributed by atoms with E-state index in [1.807, 2.05) is 13.0 Å². The first-order valence-corrected chi connectivity index (χ1v) is 13.2. The summed E-state index contributed by atoms with van der Waals surface area (Å²) in [7, 11) is -2.37. The van der Waals surface area contributed by atoms with E-state index in [4.69, 9.17) is 20.8 Å². The summed E-state index contributed by atoms with van der Waals surface area (Å²) in [6.45, 7) is 3.35. The molecule has 4 rings (SSSR count). The van der Waals surface area contributed by atoms with E-state index in [0.29, 0.717) is 36.6 Å². The minimum absolute atomic E-state index is 0.0111. The third-order valence-corrected chi connectivity index (χ3v) is 8.02. The van der Waals surface area contributed by atoms with Crippen molar-refractivity contribution in [1.29, 1.82) is 0 Å². The molecule has 11 heteroatoms. The molecule has 1 aromatic heterocycles. The molecule has 0 radical (unpaired) electrons. The number of carbonyl (C=O) groups excluding carboxylic acids is 1. The average Bonchev–Trinajstić information content (AvgIpc) is 3.56. The second kappa shape index (κ2) is 10.8. The minimum atomic E-state index is -3.78. The lowest BCUT2D eigenvalue weighted by Gasteiger charge is -2.22. The predicted octanol–water partition coefficient (Wildman–Crippen LogP) is 4.24. The van der Waals surface area contributed by atoms with Gasteiger partial charge < -0.3 is 14.1 Å². The summed E-state index contributed by atoms with van der Waals surface area (Å²) < 4.78 is 38.9. The van der Waals surface area contributed by atoms with Gasteiger partial charge in [-0.3, -0.25) is 4.79 Å². The van der Waals surface area contributed by atoms with Crippen molar-refractivity contribution in [2.75, 3.05) is 26.7 Å². The first-order valence-electron chi connectivity index (χ1n) is 11.4. The lowest BCUT2D eigenvalue weighted by atomic mass is 10.2. The number of carbonyl (C=O) groups is 1. The highest BCUT2D eigenvalue weighted by Gasteiger charge is 2.31. The quantitative estimate of drug-likeness (QED) is 0.417. The van der Waals surface area contributed by atoms with Crippen LogP contribution in [0, 0.1) is 0 Å². The van der Waals surface area contributed by atoms with Gasteiger partial charge in [0.1, 0.15) is 10.6 Å². The van der Waals surface area contributed by atoms with Crippen molar-refractivity contribution in [3.05, 3.63) is 58.9 Å². The maximum Gasteiger partial charge on any atom is 0.254 e. The molecule has 2 heterocycles. The van der Waals surface area contributed by atoms with Gasteiger partial charge in [-0.2, -0.15) is 4.31 Å². The van der Waals surface area contributed by atoms with Crippen molar-refractivity contribution in [3.63, 3.8) is 0 Å². The number of benzene rings is 2. The lowest BCUT2D eigenvalue weighted by molar-refractivity contribution is 0.0728. The standard InChI is InChI=1S/C24H27ClN4O5S/c1-3-12-28(16-22-26-27-23(34-22)18-8-4-5-9-19(18)25)24(30)17-10-11-20(33-2)21(15-17)35(31,32)29-13-6-7-14-29/h4-5,8-11,15H,3,6-7,12-14,16H2,1-2H3. The van der Waals surface area contributed by atoms with Crippen molar-refractivity contribution in [1.82, 2.24) is 19.4 Å². The van der Waals surface area contributed by atoms with Crippen LogP contribution in [-0.4, -0.2) is 60.5 Å². The van der Waals surface area contributed by atoms with Crippen LogP contribution in [-0.2, 0) is 16.6 Å².